The number of halogens is 3. The third kappa shape index (κ3) is 7.91. The highest BCUT2D eigenvalue weighted by Gasteiger charge is 2.30. The number of hydrogen-bond acceptors (Lipinski definition) is 4. The maximum absolute atomic E-state index is 12.6. The van der Waals surface area contributed by atoms with E-state index in [0.29, 0.717) is 0 Å². The topological polar surface area (TPSA) is 96.5 Å². The van der Waals surface area contributed by atoms with Crippen molar-refractivity contribution in [1.29, 1.82) is 0 Å². The number of rotatable bonds is 7. The average molecular weight is 409 g/mol. The Hall–Kier alpha value is -3.56. The van der Waals surface area contributed by atoms with Gasteiger partial charge in [0.2, 0.25) is 11.8 Å². The fraction of sp³-hybridized carbons (Fsp3) is 0.211. The van der Waals surface area contributed by atoms with Crippen LogP contribution in [-0.2, 0) is 27.1 Å². The van der Waals surface area contributed by atoms with Gasteiger partial charge in [0.25, 0.3) is 0 Å². The number of nitrogens with one attached hydrogen (secondary N) is 3. The zero-order valence-electron chi connectivity index (χ0n) is 15.1. The lowest BCUT2D eigenvalue weighted by Gasteiger charge is -2.10. The summed E-state index contributed by atoms with van der Waals surface area (Å²) in [4.78, 5) is 34.9. The molecule has 0 saturated carbocycles. The van der Waals surface area contributed by atoms with Gasteiger partial charge in [0.1, 0.15) is 13.2 Å². The molecule has 2 rings (SSSR count). The van der Waals surface area contributed by atoms with Crippen LogP contribution in [0.3, 0.4) is 0 Å². The molecule has 3 amide bonds. The molecule has 0 aromatic heterocycles. The van der Waals surface area contributed by atoms with Gasteiger partial charge in [-0.05, 0) is 23.8 Å². The predicted molar refractivity (Wildman–Crippen MR) is 97.7 cm³/mol. The van der Waals surface area contributed by atoms with Crippen LogP contribution in [0.1, 0.15) is 11.1 Å². The molecule has 0 aliphatic carbocycles. The fourth-order valence-corrected chi connectivity index (χ4v) is 2.15. The molecule has 0 spiro atoms. The van der Waals surface area contributed by atoms with Crippen LogP contribution in [-0.4, -0.2) is 31.0 Å². The van der Waals surface area contributed by atoms with Crippen molar-refractivity contribution in [2.75, 3.05) is 18.4 Å². The zero-order valence-corrected chi connectivity index (χ0v) is 15.1. The van der Waals surface area contributed by atoms with Crippen molar-refractivity contribution in [3.8, 4) is 0 Å². The monoisotopic (exact) mass is 409 g/mol. The van der Waals surface area contributed by atoms with E-state index in [1.807, 2.05) is 6.07 Å². The normalized spacial score (nSPS) is 10.7. The quantitative estimate of drug-likeness (QED) is 0.655. The third-order valence-corrected chi connectivity index (χ3v) is 3.53. The Balaban J connectivity index is 1.68. The number of amides is 3. The van der Waals surface area contributed by atoms with Crippen LogP contribution in [0.4, 0.5) is 23.7 Å². The smallest absolute Gasteiger partial charge is 0.416 e. The van der Waals surface area contributed by atoms with Crippen molar-refractivity contribution in [3.05, 3.63) is 65.7 Å². The first-order valence-corrected chi connectivity index (χ1v) is 8.42. The second kappa shape index (κ2) is 10.1. The number of hydrogen-bond donors (Lipinski definition) is 3. The lowest BCUT2D eigenvalue weighted by Crippen LogP contribution is -2.40. The summed E-state index contributed by atoms with van der Waals surface area (Å²) in [7, 11) is 0. The van der Waals surface area contributed by atoms with Crippen LogP contribution < -0.4 is 16.0 Å². The van der Waals surface area contributed by atoms with Gasteiger partial charge in [0, 0.05) is 5.69 Å². The first-order chi connectivity index (χ1) is 13.7. The minimum absolute atomic E-state index is 0.0354. The summed E-state index contributed by atoms with van der Waals surface area (Å²) in [5.41, 5.74) is -0.183. The largest absolute Gasteiger partial charge is 0.445 e. The van der Waals surface area contributed by atoms with Crippen molar-refractivity contribution < 1.29 is 32.3 Å². The molecule has 0 heterocycles. The standard InChI is InChI=1S/C19H18F3N3O4/c20-19(21,22)14-7-4-8-15(9-14)25-17(27)11-23-16(26)10-24-18(28)29-12-13-5-2-1-3-6-13/h1-9H,10-12H2,(H,23,26)(H,24,28)(H,25,27). The molecule has 3 N–H and O–H groups in total. The molecule has 7 nitrogen and oxygen atoms in total. The molecule has 2 aromatic carbocycles. The first-order valence-electron chi connectivity index (χ1n) is 8.42. The minimum atomic E-state index is -4.53. The van der Waals surface area contributed by atoms with Gasteiger partial charge >= 0.3 is 12.3 Å². The Labute approximate surface area is 164 Å². The molecule has 0 fully saturated rings. The number of anilines is 1. The first kappa shape index (κ1) is 21.7. The van der Waals surface area contributed by atoms with Gasteiger partial charge in [-0.1, -0.05) is 36.4 Å². The van der Waals surface area contributed by atoms with Crippen LogP contribution in [0.15, 0.2) is 54.6 Å². The SMILES string of the molecule is O=C(CNC(=O)OCc1ccccc1)NCC(=O)Nc1cccc(C(F)(F)F)c1. The molecule has 0 bridgehead atoms. The second-order valence-corrected chi connectivity index (χ2v) is 5.82. The van der Waals surface area contributed by atoms with Crippen molar-refractivity contribution in [2.45, 2.75) is 12.8 Å². The van der Waals surface area contributed by atoms with E-state index in [0.717, 1.165) is 23.8 Å². The molecule has 2 aromatic rings. The summed E-state index contributed by atoms with van der Waals surface area (Å²) in [6.45, 7) is -0.867. The molecule has 154 valence electrons. The predicted octanol–water partition coefficient (Wildman–Crippen LogP) is 2.69. The van der Waals surface area contributed by atoms with E-state index in [4.69, 9.17) is 4.74 Å². The number of ether oxygens (including phenoxy) is 1. The highest BCUT2D eigenvalue weighted by molar-refractivity contribution is 5.95. The van der Waals surface area contributed by atoms with Crippen LogP contribution in [0.5, 0.6) is 0 Å². The lowest BCUT2D eigenvalue weighted by molar-refractivity contribution is -0.137. The molecular formula is C19H18F3N3O4. The molecule has 0 aliphatic heterocycles. The highest BCUT2D eigenvalue weighted by atomic mass is 19.4. The van der Waals surface area contributed by atoms with Crippen molar-refractivity contribution in [2.24, 2.45) is 0 Å². The molecule has 0 radical (unpaired) electrons. The summed E-state index contributed by atoms with van der Waals surface area (Å²) in [5.74, 6) is -1.38. The van der Waals surface area contributed by atoms with Gasteiger partial charge in [-0.2, -0.15) is 13.2 Å². The van der Waals surface area contributed by atoms with Gasteiger partial charge in [0.15, 0.2) is 0 Å². The Morgan fingerprint density at radius 1 is 0.862 bits per heavy atom. The van der Waals surface area contributed by atoms with Gasteiger partial charge in [-0.3, -0.25) is 9.59 Å². The van der Waals surface area contributed by atoms with Crippen LogP contribution in [0.2, 0.25) is 0 Å². The molecule has 0 aliphatic rings. The van der Waals surface area contributed by atoms with Gasteiger partial charge in [-0.25, -0.2) is 4.79 Å². The Morgan fingerprint density at radius 3 is 2.24 bits per heavy atom. The van der Waals surface area contributed by atoms with Gasteiger partial charge in [-0.15, -0.1) is 0 Å². The maximum Gasteiger partial charge on any atom is 0.416 e. The van der Waals surface area contributed by atoms with Gasteiger partial charge < -0.3 is 20.7 Å². The van der Waals surface area contributed by atoms with Crippen LogP contribution in [0.25, 0.3) is 0 Å². The molecule has 0 saturated heterocycles. The van der Waals surface area contributed by atoms with Crippen molar-refractivity contribution >= 4 is 23.6 Å². The molecule has 29 heavy (non-hydrogen) atoms. The fourth-order valence-electron chi connectivity index (χ4n) is 2.15. The van der Waals surface area contributed by atoms with E-state index in [2.05, 4.69) is 16.0 Å². The molecular weight excluding hydrogens is 391 g/mol. The van der Waals surface area contributed by atoms with E-state index in [9.17, 15) is 27.6 Å². The Morgan fingerprint density at radius 2 is 1.55 bits per heavy atom. The molecule has 0 atom stereocenters. The average Bonchev–Trinajstić information content (AvgIpc) is 2.69. The number of benzene rings is 2. The van der Waals surface area contributed by atoms with Gasteiger partial charge in [0.05, 0.1) is 12.1 Å². The number of carbonyl (C=O) groups is 3. The summed E-state index contributed by atoms with van der Waals surface area (Å²) in [6.07, 6.45) is -5.34. The maximum atomic E-state index is 12.6. The highest BCUT2D eigenvalue weighted by Crippen LogP contribution is 2.30. The number of alkyl halides is 3. The van der Waals surface area contributed by atoms with E-state index in [-0.39, 0.29) is 12.3 Å². The number of carbonyl (C=O) groups excluding carboxylic acids is 3. The zero-order chi connectivity index (χ0) is 21.3. The lowest BCUT2D eigenvalue weighted by atomic mass is 10.2. The van der Waals surface area contributed by atoms with E-state index in [1.54, 1.807) is 24.3 Å². The van der Waals surface area contributed by atoms with Crippen molar-refractivity contribution in [3.63, 3.8) is 0 Å². The summed E-state index contributed by atoms with van der Waals surface area (Å²) >= 11 is 0. The Bertz CT molecular complexity index is 857. The summed E-state index contributed by atoms with van der Waals surface area (Å²) in [5, 5.41) is 6.70. The van der Waals surface area contributed by atoms with E-state index < -0.39 is 42.7 Å². The van der Waals surface area contributed by atoms with Crippen LogP contribution >= 0.6 is 0 Å². The second-order valence-electron chi connectivity index (χ2n) is 5.82. The molecule has 0 unspecified atom stereocenters. The minimum Gasteiger partial charge on any atom is -0.445 e. The third-order valence-electron chi connectivity index (χ3n) is 3.53. The number of alkyl carbamates (subject to hydrolysis) is 1. The summed E-state index contributed by atoms with van der Waals surface area (Å²) in [6, 6.07) is 13.0. The van der Waals surface area contributed by atoms with Crippen molar-refractivity contribution in [1.82, 2.24) is 10.6 Å². The molecule has 10 heteroatoms. The van der Waals surface area contributed by atoms with Crippen LogP contribution in [0, 0.1) is 0 Å². The Kier molecular flexibility index (Phi) is 7.58. The summed E-state index contributed by atoms with van der Waals surface area (Å²) < 4.78 is 42.9. The van der Waals surface area contributed by atoms with E-state index in [1.165, 1.54) is 6.07 Å². The van der Waals surface area contributed by atoms with E-state index >= 15 is 0 Å².